The predicted molar refractivity (Wildman–Crippen MR) is 105 cm³/mol. The minimum absolute atomic E-state index is 0.200. The minimum Gasteiger partial charge on any atom is -0.493 e. The third-order valence-corrected chi connectivity index (χ3v) is 4.50. The third kappa shape index (κ3) is 5.42. The zero-order valence-corrected chi connectivity index (χ0v) is 16.9. The lowest BCUT2D eigenvalue weighted by atomic mass is 10.2. The molecule has 0 spiro atoms. The smallest absolute Gasteiger partial charge is 0.279 e. The average Bonchev–Trinajstić information content (AvgIpc) is 2.57. The van der Waals surface area contributed by atoms with Crippen LogP contribution in [0.2, 0.25) is 15.1 Å². The zero-order valence-electron chi connectivity index (χ0n) is 14.7. The quantitative estimate of drug-likeness (QED) is 0.725. The molecule has 1 unspecified atom stereocenters. The van der Waals surface area contributed by atoms with Crippen LogP contribution < -0.4 is 19.7 Å². The highest BCUT2D eigenvalue weighted by atomic mass is 35.5. The van der Waals surface area contributed by atoms with E-state index >= 15 is 0 Å². The molecule has 2 aromatic carbocycles. The number of amides is 1. The molecule has 0 aromatic heterocycles. The Morgan fingerprint density at radius 2 is 1.65 bits per heavy atom. The zero-order chi connectivity index (χ0) is 19.3. The maximum Gasteiger partial charge on any atom is 0.279 e. The number of ether oxygens (including phenoxy) is 2. The minimum atomic E-state index is -0.200. The van der Waals surface area contributed by atoms with Crippen molar-refractivity contribution >= 4 is 46.4 Å². The van der Waals surface area contributed by atoms with E-state index in [1.165, 1.54) is 12.1 Å². The van der Waals surface area contributed by atoms with Crippen LogP contribution in [0, 0.1) is 0 Å². The van der Waals surface area contributed by atoms with E-state index in [0.29, 0.717) is 38.8 Å². The number of rotatable bonds is 7. The van der Waals surface area contributed by atoms with Crippen LogP contribution in [0.5, 0.6) is 11.5 Å². The van der Waals surface area contributed by atoms with E-state index < -0.39 is 0 Å². The second kappa shape index (κ2) is 9.33. The van der Waals surface area contributed by atoms with Gasteiger partial charge in [-0.3, -0.25) is 4.79 Å². The molecule has 0 saturated heterocycles. The number of anilines is 1. The summed E-state index contributed by atoms with van der Waals surface area (Å²) in [6, 6.07) is 8.74. The highest BCUT2D eigenvalue weighted by Gasteiger charge is 2.16. The Morgan fingerprint density at radius 3 is 2.23 bits per heavy atom. The number of hydrogen-bond donors (Lipinski definition) is 2. The molecule has 0 radical (unpaired) electrons. The molecule has 0 saturated carbocycles. The molecule has 5 nitrogen and oxygen atoms in total. The lowest BCUT2D eigenvalue weighted by molar-refractivity contribution is -0.885. The van der Waals surface area contributed by atoms with Gasteiger partial charge < -0.3 is 19.7 Å². The summed E-state index contributed by atoms with van der Waals surface area (Å²) in [4.78, 5) is 13.3. The van der Waals surface area contributed by atoms with E-state index in [-0.39, 0.29) is 12.5 Å². The molecule has 0 aliphatic carbocycles. The number of likely N-dealkylation sites (N-methyl/N-ethyl adjacent to an activating group) is 1. The summed E-state index contributed by atoms with van der Waals surface area (Å²) in [5, 5.41) is 3.75. The van der Waals surface area contributed by atoms with Crippen LogP contribution in [0.3, 0.4) is 0 Å². The highest BCUT2D eigenvalue weighted by molar-refractivity contribution is 6.42. The first kappa shape index (κ1) is 20.6. The molecule has 2 rings (SSSR count). The van der Waals surface area contributed by atoms with Crippen molar-refractivity contribution in [3.8, 4) is 11.5 Å². The van der Waals surface area contributed by atoms with Gasteiger partial charge in [-0.25, -0.2) is 0 Å². The van der Waals surface area contributed by atoms with E-state index in [2.05, 4.69) is 5.32 Å². The topological polar surface area (TPSA) is 52.0 Å². The fourth-order valence-electron chi connectivity index (χ4n) is 2.52. The molecule has 2 N–H and O–H groups in total. The SMILES string of the molecule is COc1ccc(C[NH+](C)CC(=O)Nc2c(Cl)cc(Cl)cc2Cl)cc1OC. The van der Waals surface area contributed by atoms with Gasteiger partial charge in [0, 0.05) is 10.6 Å². The van der Waals surface area contributed by atoms with Gasteiger partial charge in [0.2, 0.25) is 0 Å². The van der Waals surface area contributed by atoms with E-state index in [4.69, 9.17) is 44.3 Å². The largest absolute Gasteiger partial charge is 0.493 e. The fourth-order valence-corrected chi connectivity index (χ4v) is 3.43. The molecule has 1 amide bonds. The number of nitrogens with one attached hydrogen (secondary N) is 2. The van der Waals surface area contributed by atoms with Gasteiger partial charge in [0.05, 0.1) is 37.0 Å². The standard InChI is InChI=1S/C18H19Cl3N2O3/c1-23(9-11-4-5-15(25-2)16(6-11)26-3)10-17(24)22-18-13(20)7-12(19)8-14(18)21/h4-8H,9-10H2,1-3H3,(H,22,24)/p+1. The Labute approximate surface area is 167 Å². The fraction of sp³-hybridized carbons (Fsp3) is 0.278. The van der Waals surface area contributed by atoms with Crippen molar-refractivity contribution < 1.29 is 19.2 Å². The lowest BCUT2D eigenvalue weighted by Crippen LogP contribution is -3.08. The molecule has 8 heteroatoms. The van der Waals surface area contributed by atoms with Crippen molar-refractivity contribution in [2.75, 3.05) is 33.1 Å². The van der Waals surface area contributed by atoms with E-state index in [1.54, 1.807) is 14.2 Å². The molecule has 1 atom stereocenters. The molecular weight excluding hydrogens is 399 g/mol. The maximum atomic E-state index is 12.3. The van der Waals surface area contributed by atoms with Crippen molar-refractivity contribution in [2.24, 2.45) is 0 Å². The molecular formula is C18H20Cl3N2O3+. The Hall–Kier alpha value is -1.66. The van der Waals surface area contributed by atoms with Crippen LogP contribution in [0.15, 0.2) is 30.3 Å². The number of halogens is 3. The summed E-state index contributed by atoms with van der Waals surface area (Å²) in [5.74, 6) is 1.12. The molecule has 26 heavy (non-hydrogen) atoms. The van der Waals surface area contributed by atoms with Crippen molar-refractivity contribution in [2.45, 2.75) is 6.54 Å². The van der Waals surface area contributed by atoms with Gasteiger partial charge in [-0.1, -0.05) is 34.8 Å². The molecule has 2 aromatic rings. The van der Waals surface area contributed by atoms with E-state index in [9.17, 15) is 4.79 Å². The van der Waals surface area contributed by atoms with Crippen LogP contribution in [0.25, 0.3) is 0 Å². The van der Waals surface area contributed by atoms with Crippen molar-refractivity contribution in [3.63, 3.8) is 0 Å². The molecule has 0 fully saturated rings. The Bertz CT molecular complexity index is 776. The van der Waals surface area contributed by atoms with Crippen LogP contribution in [0.4, 0.5) is 5.69 Å². The summed E-state index contributed by atoms with van der Waals surface area (Å²) in [6.45, 7) is 0.874. The molecule has 0 heterocycles. The average molecular weight is 419 g/mol. The molecule has 0 aliphatic heterocycles. The van der Waals surface area contributed by atoms with E-state index in [0.717, 1.165) is 10.5 Å². The van der Waals surface area contributed by atoms with Gasteiger partial charge >= 0.3 is 0 Å². The summed E-state index contributed by atoms with van der Waals surface area (Å²) in [7, 11) is 5.10. The number of benzene rings is 2. The highest BCUT2D eigenvalue weighted by Crippen LogP contribution is 2.33. The third-order valence-electron chi connectivity index (χ3n) is 3.69. The van der Waals surface area contributed by atoms with Gasteiger partial charge in [0.25, 0.3) is 5.91 Å². The van der Waals surface area contributed by atoms with Gasteiger partial charge in [0.1, 0.15) is 6.54 Å². The number of carbonyl (C=O) groups excluding carboxylic acids is 1. The first-order valence-electron chi connectivity index (χ1n) is 7.80. The molecule has 140 valence electrons. The Morgan fingerprint density at radius 1 is 1.04 bits per heavy atom. The summed E-state index contributed by atoms with van der Waals surface area (Å²) in [6.07, 6.45) is 0. The van der Waals surface area contributed by atoms with Crippen LogP contribution in [-0.2, 0) is 11.3 Å². The summed E-state index contributed by atoms with van der Waals surface area (Å²) in [5.41, 5.74) is 1.39. The van der Waals surface area contributed by atoms with Gasteiger partial charge in [-0.15, -0.1) is 0 Å². The van der Waals surface area contributed by atoms with Crippen molar-refractivity contribution in [3.05, 3.63) is 51.0 Å². The Kier molecular flexibility index (Phi) is 7.41. The van der Waals surface area contributed by atoms with Crippen molar-refractivity contribution in [1.82, 2.24) is 0 Å². The number of methoxy groups -OCH3 is 2. The lowest BCUT2D eigenvalue weighted by Gasteiger charge is -2.16. The van der Waals surface area contributed by atoms with Crippen LogP contribution in [-0.4, -0.2) is 33.7 Å². The molecule has 0 bridgehead atoms. The molecule has 0 aliphatic rings. The van der Waals surface area contributed by atoms with Gasteiger partial charge in [-0.2, -0.15) is 0 Å². The van der Waals surface area contributed by atoms with Crippen LogP contribution in [0.1, 0.15) is 5.56 Å². The van der Waals surface area contributed by atoms with Gasteiger partial charge in [-0.05, 0) is 30.3 Å². The van der Waals surface area contributed by atoms with Gasteiger partial charge in [0.15, 0.2) is 18.0 Å². The van der Waals surface area contributed by atoms with Crippen molar-refractivity contribution in [1.29, 1.82) is 0 Å². The normalized spacial score (nSPS) is 11.8. The Balaban J connectivity index is 1.99. The number of quaternary nitrogens is 1. The first-order chi connectivity index (χ1) is 12.3. The maximum absolute atomic E-state index is 12.3. The van der Waals surface area contributed by atoms with Crippen LogP contribution >= 0.6 is 34.8 Å². The first-order valence-corrected chi connectivity index (χ1v) is 8.94. The summed E-state index contributed by atoms with van der Waals surface area (Å²) < 4.78 is 10.5. The monoisotopic (exact) mass is 417 g/mol. The summed E-state index contributed by atoms with van der Waals surface area (Å²) >= 11 is 18.1. The number of carbonyl (C=O) groups is 1. The second-order valence-electron chi connectivity index (χ2n) is 5.79. The predicted octanol–water partition coefficient (Wildman–Crippen LogP) is 3.32. The number of hydrogen-bond acceptors (Lipinski definition) is 3. The second-order valence-corrected chi connectivity index (χ2v) is 7.04. The van der Waals surface area contributed by atoms with E-state index in [1.807, 2.05) is 25.2 Å².